The fraction of sp³-hybridized carbons (Fsp3) is 0.600. The number of aromatic nitrogens is 1. The number of likely N-dealkylation sites (tertiary alicyclic amines) is 1. The highest BCUT2D eigenvalue weighted by Crippen LogP contribution is 2.25. The van der Waals surface area contributed by atoms with Gasteiger partial charge in [-0.2, -0.15) is 4.98 Å². The molecule has 3 rings (SSSR count). The Morgan fingerprint density at radius 2 is 2.00 bits per heavy atom. The van der Waals surface area contributed by atoms with Crippen molar-refractivity contribution in [3.8, 4) is 11.8 Å². The second-order valence-electron chi connectivity index (χ2n) is 5.59. The van der Waals surface area contributed by atoms with Crippen LogP contribution in [0.3, 0.4) is 0 Å². The van der Waals surface area contributed by atoms with Gasteiger partial charge in [0.05, 0.1) is 14.2 Å². The van der Waals surface area contributed by atoms with E-state index in [9.17, 15) is 4.79 Å². The lowest BCUT2D eigenvalue weighted by molar-refractivity contribution is 0.0743. The third-order valence-electron chi connectivity index (χ3n) is 4.28. The van der Waals surface area contributed by atoms with Crippen LogP contribution in [0.1, 0.15) is 29.6 Å². The number of amides is 1. The van der Waals surface area contributed by atoms with Gasteiger partial charge in [-0.3, -0.25) is 4.79 Å². The predicted molar refractivity (Wildman–Crippen MR) is 85.1 cm³/mol. The van der Waals surface area contributed by atoms with E-state index < -0.39 is 0 Å². The van der Waals surface area contributed by atoms with Crippen LogP contribution in [0.5, 0.6) is 11.8 Å². The van der Waals surface area contributed by atoms with Crippen LogP contribution in [0, 0.1) is 0 Å². The number of ether oxygens (including phenoxy) is 2. The van der Waals surface area contributed by atoms with E-state index in [1.54, 1.807) is 19.2 Å². The molecule has 2 atom stereocenters. The van der Waals surface area contributed by atoms with Gasteiger partial charge in [0.25, 0.3) is 5.91 Å². The van der Waals surface area contributed by atoms with E-state index in [1.165, 1.54) is 13.5 Å². The summed E-state index contributed by atoms with van der Waals surface area (Å²) >= 11 is 0. The molecule has 122 valence electrons. The summed E-state index contributed by atoms with van der Waals surface area (Å²) < 4.78 is 10.3. The Hall–Kier alpha value is -1.53. The van der Waals surface area contributed by atoms with Crippen LogP contribution in [0.15, 0.2) is 12.1 Å². The van der Waals surface area contributed by atoms with Crippen molar-refractivity contribution >= 4 is 18.3 Å². The van der Waals surface area contributed by atoms with Crippen molar-refractivity contribution in [2.24, 2.45) is 0 Å². The Balaban J connectivity index is 0.00000176. The number of halogens is 1. The quantitative estimate of drug-likeness (QED) is 0.911. The monoisotopic (exact) mass is 327 g/mol. The van der Waals surface area contributed by atoms with Gasteiger partial charge in [-0.05, 0) is 25.3 Å². The van der Waals surface area contributed by atoms with Gasteiger partial charge in [-0.15, -0.1) is 12.4 Å². The molecule has 2 aliphatic rings. The molecule has 3 heterocycles. The summed E-state index contributed by atoms with van der Waals surface area (Å²) in [4.78, 5) is 18.8. The first-order chi connectivity index (χ1) is 10.2. The van der Waals surface area contributed by atoms with Crippen molar-refractivity contribution in [1.82, 2.24) is 15.2 Å². The largest absolute Gasteiger partial charge is 0.481 e. The third-order valence-corrected chi connectivity index (χ3v) is 4.28. The second-order valence-corrected chi connectivity index (χ2v) is 5.59. The molecule has 0 aliphatic carbocycles. The lowest BCUT2D eigenvalue weighted by Gasteiger charge is -2.24. The van der Waals surface area contributed by atoms with Crippen LogP contribution < -0.4 is 14.8 Å². The molecule has 0 aromatic carbocycles. The molecule has 0 saturated carbocycles. The van der Waals surface area contributed by atoms with Gasteiger partial charge in [0.1, 0.15) is 5.56 Å². The standard InChI is InChI=1S/C15H21N3O3.ClH/c1-20-13-6-5-12(14(17-13)21-2)15(19)18-8-7-10-3-4-11(9-18)16-10;/h5-6,10-11,16H,3-4,7-9H2,1-2H3;1H/t10-,11+;/m1./s1. The van der Waals surface area contributed by atoms with Crippen LogP contribution >= 0.6 is 12.4 Å². The number of nitrogens with zero attached hydrogens (tertiary/aromatic N) is 2. The van der Waals surface area contributed by atoms with Gasteiger partial charge in [0, 0.05) is 31.2 Å². The van der Waals surface area contributed by atoms with Crippen molar-refractivity contribution in [2.75, 3.05) is 27.3 Å². The topological polar surface area (TPSA) is 63.7 Å². The van der Waals surface area contributed by atoms with Gasteiger partial charge in [-0.1, -0.05) is 0 Å². The van der Waals surface area contributed by atoms with Crippen LogP contribution in [-0.4, -0.2) is 55.2 Å². The number of carbonyl (C=O) groups is 1. The van der Waals surface area contributed by atoms with E-state index in [0.717, 1.165) is 25.9 Å². The number of nitrogens with one attached hydrogen (secondary N) is 1. The zero-order valence-electron chi connectivity index (χ0n) is 12.9. The second kappa shape index (κ2) is 7.15. The maximum absolute atomic E-state index is 12.7. The molecule has 2 saturated heterocycles. The molecule has 0 unspecified atom stereocenters. The molecular formula is C15H22ClN3O3. The van der Waals surface area contributed by atoms with Crippen molar-refractivity contribution in [3.63, 3.8) is 0 Å². The molecular weight excluding hydrogens is 306 g/mol. The van der Waals surface area contributed by atoms with Crippen molar-refractivity contribution in [2.45, 2.75) is 31.3 Å². The van der Waals surface area contributed by atoms with Crippen molar-refractivity contribution in [1.29, 1.82) is 0 Å². The molecule has 2 aliphatic heterocycles. The van der Waals surface area contributed by atoms with E-state index in [-0.39, 0.29) is 18.3 Å². The number of hydrogen-bond donors (Lipinski definition) is 1. The highest BCUT2D eigenvalue weighted by Gasteiger charge is 2.32. The minimum absolute atomic E-state index is 0. The molecule has 1 amide bonds. The van der Waals surface area contributed by atoms with Crippen LogP contribution in [0.2, 0.25) is 0 Å². The third kappa shape index (κ3) is 3.28. The molecule has 2 fully saturated rings. The molecule has 7 heteroatoms. The molecule has 0 spiro atoms. The zero-order valence-corrected chi connectivity index (χ0v) is 13.7. The first kappa shape index (κ1) is 16.8. The summed E-state index contributed by atoms with van der Waals surface area (Å²) in [5.41, 5.74) is 0.496. The van der Waals surface area contributed by atoms with E-state index in [1.807, 2.05) is 4.90 Å². The highest BCUT2D eigenvalue weighted by atomic mass is 35.5. The molecule has 1 aromatic heterocycles. The van der Waals surface area contributed by atoms with Crippen molar-refractivity contribution in [3.05, 3.63) is 17.7 Å². The lowest BCUT2D eigenvalue weighted by atomic mass is 10.1. The van der Waals surface area contributed by atoms with Gasteiger partial charge >= 0.3 is 0 Å². The summed E-state index contributed by atoms with van der Waals surface area (Å²) in [7, 11) is 3.06. The van der Waals surface area contributed by atoms with E-state index in [0.29, 0.717) is 29.4 Å². The predicted octanol–water partition coefficient (Wildman–Crippen LogP) is 1.49. The fourth-order valence-corrected chi connectivity index (χ4v) is 3.15. The minimum atomic E-state index is -0.0173. The van der Waals surface area contributed by atoms with Crippen molar-refractivity contribution < 1.29 is 14.3 Å². The van der Waals surface area contributed by atoms with Gasteiger partial charge in [-0.25, -0.2) is 0 Å². The lowest BCUT2D eigenvalue weighted by Crippen LogP contribution is -2.39. The van der Waals surface area contributed by atoms with Gasteiger partial charge < -0.3 is 19.7 Å². The van der Waals surface area contributed by atoms with Gasteiger partial charge in [0.2, 0.25) is 11.8 Å². The molecule has 2 bridgehead atoms. The molecule has 0 radical (unpaired) electrons. The van der Waals surface area contributed by atoms with Gasteiger partial charge in [0.15, 0.2) is 0 Å². The Morgan fingerprint density at radius 1 is 1.23 bits per heavy atom. The number of rotatable bonds is 3. The average Bonchev–Trinajstić information content (AvgIpc) is 2.85. The van der Waals surface area contributed by atoms with Crippen LogP contribution in [-0.2, 0) is 0 Å². The zero-order chi connectivity index (χ0) is 14.8. The summed E-state index contributed by atoms with van der Waals surface area (Å²) in [5, 5.41) is 3.58. The Labute approximate surface area is 136 Å². The number of fused-ring (bicyclic) bond motifs is 2. The van der Waals surface area contributed by atoms with E-state index in [2.05, 4.69) is 10.3 Å². The smallest absolute Gasteiger partial charge is 0.259 e. The van der Waals surface area contributed by atoms with Crippen LogP contribution in [0.4, 0.5) is 0 Å². The van der Waals surface area contributed by atoms with Crippen LogP contribution in [0.25, 0.3) is 0 Å². The normalized spacial score (nSPS) is 23.5. The van der Waals surface area contributed by atoms with E-state index >= 15 is 0 Å². The highest BCUT2D eigenvalue weighted by molar-refractivity contribution is 5.96. The summed E-state index contributed by atoms with van der Waals surface area (Å²) in [6.45, 7) is 1.53. The van der Waals surface area contributed by atoms with E-state index in [4.69, 9.17) is 9.47 Å². The first-order valence-corrected chi connectivity index (χ1v) is 7.35. The Kier molecular flexibility index (Phi) is 5.47. The summed E-state index contributed by atoms with van der Waals surface area (Å²) in [5.74, 6) is 0.748. The average molecular weight is 328 g/mol. The SMILES string of the molecule is COc1ccc(C(=O)N2CC[C@H]3CC[C@@H](C2)N3)c(OC)n1.Cl. The Morgan fingerprint density at radius 3 is 2.73 bits per heavy atom. The number of hydrogen-bond acceptors (Lipinski definition) is 5. The maximum Gasteiger partial charge on any atom is 0.259 e. The molecule has 1 aromatic rings. The first-order valence-electron chi connectivity index (χ1n) is 7.35. The molecule has 6 nitrogen and oxygen atoms in total. The molecule has 1 N–H and O–H groups in total. The number of methoxy groups -OCH3 is 2. The molecule has 22 heavy (non-hydrogen) atoms. The Bertz CT molecular complexity index is 541. The number of carbonyl (C=O) groups excluding carboxylic acids is 1. The maximum atomic E-state index is 12.7. The minimum Gasteiger partial charge on any atom is -0.481 e. The summed E-state index contributed by atoms with van der Waals surface area (Å²) in [6, 6.07) is 4.39. The summed E-state index contributed by atoms with van der Waals surface area (Å²) in [6.07, 6.45) is 3.38. The number of pyridine rings is 1. The fourth-order valence-electron chi connectivity index (χ4n) is 3.15.